The number of para-hydroxylation sites is 1. The monoisotopic (exact) mass is 253 g/mol. The van der Waals surface area contributed by atoms with E-state index >= 15 is 0 Å². The van der Waals surface area contributed by atoms with Gasteiger partial charge in [0.25, 0.3) is 0 Å². The van der Waals surface area contributed by atoms with Gasteiger partial charge in [-0.25, -0.2) is 4.98 Å². The first kappa shape index (κ1) is 11.7. The van der Waals surface area contributed by atoms with Gasteiger partial charge in [0, 0.05) is 28.4 Å². The summed E-state index contributed by atoms with van der Waals surface area (Å²) in [6.07, 6.45) is 3.70. The Morgan fingerprint density at radius 1 is 1.37 bits per heavy atom. The van der Waals surface area contributed by atoms with E-state index in [2.05, 4.69) is 40.1 Å². The molecule has 3 rings (SSSR count). The predicted molar refractivity (Wildman–Crippen MR) is 75.4 cm³/mol. The Balaban J connectivity index is 2.22. The molecule has 0 radical (unpaired) electrons. The Kier molecular flexibility index (Phi) is 2.71. The molecule has 0 saturated carbocycles. The van der Waals surface area contributed by atoms with E-state index in [1.807, 2.05) is 13.1 Å². The van der Waals surface area contributed by atoms with Crippen molar-refractivity contribution in [3.05, 3.63) is 41.3 Å². The minimum atomic E-state index is 0.469. The molecule has 0 saturated heterocycles. The highest BCUT2D eigenvalue weighted by Gasteiger charge is 2.13. The van der Waals surface area contributed by atoms with Crippen LogP contribution in [0.4, 0.5) is 0 Å². The number of aromatic nitrogens is 3. The van der Waals surface area contributed by atoms with Crippen LogP contribution in [0.5, 0.6) is 0 Å². The lowest BCUT2D eigenvalue weighted by molar-refractivity contribution is 0.111. The third-order valence-electron chi connectivity index (χ3n) is 3.47. The Bertz CT molecular complexity index is 752. The van der Waals surface area contributed by atoms with E-state index < -0.39 is 0 Å². The van der Waals surface area contributed by atoms with Crippen molar-refractivity contribution in [1.82, 2.24) is 15.0 Å². The highest BCUT2D eigenvalue weighted by molar-refractivity contribution is 5.96. The third kappa shape index (κ3) is 1.76. The Morgan fingerprint density at radius 2 is 2.21 bits per heavy atom. The first-order chi connectivity index (χ1) is 9.24. The van der Waals surface area contributed by atoms with Gasteiger partial charge in [-0.05, 0) is 18.9 Å². The molecule has 19 heavy (non-hydrogen) atoms. The van der Waals surface area contributed by atoms with Crippen LogP contribution >= 0.6 is 0 Å². The maximum absolute atomic E-state index is 10.9. The molecule has 3 aromatic rings. The van der Waals surface area contributed by atoms with Crippen LogP contribution in [0.25, 0.3) is 22.3 Å². The minimum absolute atomic E-state index is 0.469. The lowest BCUT2D eigenvalue weighted by Crippen LogP contribution is -1.83. The van der Waals surface area contributed by atoms with Crippen LogP contribution < -0.4 is 0 Å². The van der Waals surface area contributed by atoms with Crippen molar-refractivity contribution in [2.75, 3.05) is 0 Å². The van der Waals surface area contributed by atoms with Crippen LogP contribution in [0.2, 0.25) is 0 Å². The molecular weight excluding hydrogens is 238 g/mol. The van der Waals surface area contributed by atoms with Gasteiger partial charge < -0.3 is 9.97 Å². The number of carbonyl (C=O) groups is 1. The van der Waals surface area contributed by atoms with Gasteiger partial charge in [-0.3, -0.25) is 4.79 Å². The molecule has 2 heterocycles. The number of H-pyrrole nitrogens is 2. The lowest BCUT2D eigenvalue weighted by atomic mass is 10.1. The van der Waals surface area contributed by atoms with Gasteiger partial charge in [0.15, 0.2) is 6.29 Å². The molecular formula is C15H15N3O. The quantitative estimate of drug-likeness (QED) is 0.704. The van der Waals surface area contributed by atoms with Crippen molar-refractivity contribution in [2.24, 2.45) is 0 Å². The molecule has 0 aliphatic heterocycles. The molecule has 4 nitrogen and oxygen atoms in total. The second-order valence-corrected chi connectivity index (χ2v) is 4.61. The SMILES string of the molecule is CCc1cccc2c(-c3nc(C=O)c(C)[nH]3)c[nH]c12. The average Bonchev–Trinajstić information content (AvgIpc) is 3.01. The van der Waals surface area contributed by atoms with E-state index in [0.29, 0.717) is 5.69 Å². The standard InChI is InChI=1S/C15H15N3O/c1-3-10-5-4-6-11-12(7-16-14(10)11)15-17-9(2)13(8-19)18-15/h4-8,16H,3H2,1-2H3,(H,17,18). The van der Waals surface area contributed by atoms with Crippen molar-refractivity contribution in [1.29, 1.82) is 0 Å². The number of carbonyl (C=O) groups excluding carboxylic acids is 1. The van der Waals surface area contributed by atoms with Crippen LogP contribution in [0.15, 0.2) is 24.4 Å². The molecule has 0 fully saturated rings. The fraction of sp³-hybridized carbons (Fsp3) is 0.200. The van der Waals surface area contributed by atoms with E-state index in [1.165, 1.54) is 5.56 Å². The number of nitrogens with zero attached hydrogens (tertiary/aromatic N) is 1. The van der Waals surface area contributed by atoms with E-state index in [9.17, 15) is 4.79 Å². The molecule has 0 aliphatic rings. The van der Waals surface area contributed by atoms with Crippen LogP contribution in [0, 0.1) is 6.92 Å². The highest BCUT2D eigenvalue weighted by Crippen LogP contribution is 2.29. The largest absolute Gasteiger partial charge is 0.360 e. The summed E-state index contributed by atoms with van der Waals surface area (Å²) in [6, 6.07) is 6.24. The molecule has 0 bridgehead atoms. The maximum atomic E-state index is 10.9. The summed E-state index contributed by atoms with van der Waals surface area (Å²) in [5.74, 6) is 0.735. The average molecular weight is 253 g/mol. The van der Waals surface area contributed by atoms with Crippen molar-refractivity contribution >= 4 is 17.2 Å². The van der Waals surface area contributed by atoms with Crippen molar-refractivity contribution in [3.63, 3.8) is 0 Å². The lowest BCUT2D eigenvalue weighted by Gasteiger charge is -1.99. The first-order valence-corrected chi connectivity index (χ1v) is 6.35. The summed E-state index contributed by atoms with van der Waals surface area (Å²) >= 11 is 0. The second kappa shape index (κ2) is 4.39. The first-order valence-electron chi connectivity index (χ1n) is 6.35. The summed E-state index contributed by atoms with van der Waals surface area (Å²) in [6.45, 7) is 3.99. The maximum Gasteiger partial charge on any atom is 0.170 e. The van der Waals surface area contributed by atoms with Crippen LogP contribution in [0.1, 0.15) is 28.7 Å². The number of imidazole rings is 1. The fourth-order valence-electron chi connectivity index (χ4n) is 2.42. The van der Waals surface area contributed by atoms with Gasteiger partial charge in [0.05, 0.1) is 0 Å². The summed E-state index contributed by atoms with van der Waals surface area (Å²) in [4.78, 5) is 21.7. The Hall–Kier alpha value is -2.36. The second-order valence-electron chi connectivity index (χ2n) is 4.61. The van der Waals surface area contributed by atoms with Gasteiger partial charge in [0.2, 0.25) is 0 Å². The Labute approximate surface area is 110 Å². The number of aryl methyl sites for hydroxylation is 2. The third-order valence-corrected chi connectivity index (χ3v) is 3.47. The molecule has 0 atom stereocenters. The summed E-state index contributed by atoms with van der Waals surface area (Å²) in [5, 5.41) is 1.13. The normalized spacial score (nSPS) is 11.1. The molecule has 1 aromatic carbocycles. The predicted octanol–water partition coefficient (Wildman–Crippen LogP) is 3.24. The number of hydrogen-bond acceptors (Lipinski definition) is 2. The zero-order chi connectivity index (χ0) is 13.4. The van der Waals surface area contributed by atoms with Crippen molar-refractivity contribution in [2.45, 2.75) is 20.3 Å². The highest BCUT2D eigenvalue weighted by atomic mass is 16.1. The van der Waals surface area contributed by atoms with Crippen LogP contribution in [-0.2, 0) is 6.42 Å². The van der Waals surface area contributed by atoms with Gasteiger partial charge in [0.1, 0.15) is 11.5 Å². The summed E-state index contributed by atoms with van der Waals surface area (Å²) < 4.78 is 0. The summed E-state index contributed by atoms with van der Waals surface area (Å²) in [5.41, 5.74) is 4.69. The molecule has 96 valence electrons. The van der Waals surface area contributed by atoms with Crippen LogP contribution in [-0.4, -0.2) is 21.2 Å². The number of hydrogen-bond donors (Lipinski definition) is 2. The molecule has 2 N–H and O–H groups in total. The number of nitrogens with one attached hydrogen (secondary N) is 2. The van der Waals surface area contributed by atoms with Gasteiger partial charge in [-0.1, -0.05) is 25.1 Å². The van der Waals surface area contributed by atoms with Crippen molar-refractivity contribution in [3.8, 4) is 11.4 Å². The van der Waals surface area contributed by atoms with E-state index in [1.54, 1.807) is 0 Å². The minimum Gasteiger partial charge on any atom is -0.360 e. The molecule has 0 aliphatic carbocycles. The summed E-state index contributed by atoms with van der Waals surface area (Å²) in [7, 11) is 0. The van der Waals surface area contributed by atoms with Gasteiger partial charge >= 0.3 is 0 Å². The van der Waals surface area contributed by atoms with E-state index in [4.69, 9.17) is 0 Å². The fourth-order valence-corrected chi connectivity index (χ4v) is 2.42. The number of aldehydes is 1. The number of benzene rings is 1. The topological polar surface area (TPSA) is 61.5 Å². The number of rotatable bonds is 3. The van der Waals surface area contributed by atoms with E-state index in [-0.39, 0.29) is 0 Å². The Morgan fingerprint density at radius 3 is 2.89 bits per heavy atom. The molecule has 2 aromatic heterocycles. The smallest absolute Gasteiger partial charge is 0.170 e. The zero-order valence-corrected chi connectivity index (χ0v) is 10.9. The number of aromatic amines is 2. The van der Waals surface area contributed by atoms with Gasteiger partial charge in [-0.15, -0.1) is 0 Å². The van der Waals surface area contributed by atoms with Crippen LogP contribution in [0.3, 0.4) is 0 Å². The molecule has 4 heteroatoms. The zero-order valence-electron chi connectivity index (χ0n) is 10.9. The molecule has 0 spiro atoms. The van der Waals surface area contributed by atoms with Gasteiger partial charge in [-0.2, -0.15) is 0 Å². The van der Waals surface area contributed by atoms with Crippen molar-refractivity contribution < 1.29 is 4.79 Å². The molecule has 0 unspecified atom stereocenters. The number of fused-ring (bicyclic) bond motifs is 1. The van der Waals surface area contributed by atoms with E-state index in [0.717, 1.165) is 40.7 Å². The molecule has 0 amide bonds.